The van der Waals surface area contributed by atoms with Crippen LogP contribution in [0.15, 0.2) is 127 Å². The molecule has 0 aromatic heterocycles. The first-order chi connectivity index (χ1) is 27.0. The predicted octanol–water partition coefficient (Wildman–Crippen LogP) is 15.2. The number of halogens is 9. The van der Waals surface area contributed by atoms with Crippen molar-refractivity contribution in [2.45, 2.75) is 65.5 Å². The van der Waals surface area contributed by atoms with Crippen molar-refractivity contribution >= 4 is 0 Å². The summed E-state index contributed by atoms with van der Waals surface area (Å²) in [5, 5.41) is 0. The molecule has 58 heavy (non-hydrogen) atoms. The molecule has 1 atom stereocenters. The van der Waals surface area contributed by atoms with Gasteiger partial charge in [-0.25, -0.2) is 0 Å². The van der Waals surface area contributed by atoms with E-state index in [0.29, 0.717) is 28.4 Å². The molecule has 6 rings (SSSR count). The van der Waals surface area contributed by atoms with E-state index >= 15 is 0 Å². The molecule has 0 saturated heterocycles. The Labute approximate surface area is 330 Å². The Morgan fingerprint density at radius 3 is 1.02 bits per heavy atom. The van der Waals surface area contributed by atoms with Gasteiger partial charge in [0.25, 0.3) is 0 Å². The molecule has 3 nitrogen and oxygen atoms in total. The summed E-state index contributed by atoms with van der Waals surface area (Å²) in [5.74, 6) is 0.748. The monoisotopic (exact) mass is 810 g/mol. The summed E-state index contributed by atoms with van der Waals surface area (Å²) in [7, 11) is 0. The number of alkyl halides is 9. The van der Waals surface area contributed by atoms with Crippen molar-refractivity contribution in [3.8, 4) is 34.5 Å². The van der Waals surface area contributed by atoms with Crippen LogP contribution in [0.5, 0.6) is 34.5 Å². The summed E-state index contributed by atoms with van der Waals surface area (Å²) in [5.41, 5.74) is -0.304. The van der Waals surface area contributed by atoms with Crippen LogP contribution in [0.2, 0.25) is 0 Å². The Morgan fingerprint density at radius 1 is 0.362 bits per heavy atom. The van der Waals surface area contributed by atoms with Gasteiger partial charge in [-0.2, -0.15) is 39.5 Å². The van der Waals surface area contributed by atoms with Crippen LogP contribution in [-0.2, 0) is 17.8 Å². The van der Waals surface area contributed by atoms with E-state index in [1.807, 2.05) is 32.9 Å². The van der Waals surface area contributed by atoms with Gasteiger partial charge in [-0.1, -0.05) is 82.9 Å². The number of hydrogen-bond acceptors (Lipinski definition) is 3. The highest BCUT2D eigenvalue weighted by Gasteiger charge is 2.53. The van der Waals surface area contributed by atoms with Gasteiger partial charge in [-0.15, -0.1) is 0 Å². The lowest BCUT2D eigenvalue weighted by Crippen LogP contribution is -2.40. The lowest BCUT2D eigenvalue weighted by molar-refractivity contribution is -0.173. The summed E-state index contributed by atoms with van der Waals surface area (Å²) >= 11 is 0. The summed E-state index contributed by atoms with van der Waals surface area (Å²) < 4.78 is 139. The molecule has 0 N–H and O–H groups in total. The van der Waals surface area contributed by atoms with Crippen molar-refractivity contribution in [1.82, 2.24) is 0 Å². The maximum absolute atomic E-state index is 14.5. The maximum atomic E-state index is 14.5. The van der Waals surface area contributed by atoms with Crippen molar-refractivity contribution in [3.63, 3.8) is 0 Å². The topological polar surface area (TPSA) is 27.7 Å². The van der Waals surface area contributed by atoms with Gasteiger partial charge < -0.3 is 14.2 Å². The highest BCUT2D eigenvalue weighted by molar-refractivity contribution is 5.48. The summed E-state index contributed by atoms with van der Waals surface area (Å²) in [6.07, 6.45) is -13.7. The van der Waals surface area contributed by atoms with Crippen LogP contribution in [-0.4, -0.2) is 6.18 Å². The van der Waals surface area contributed by atoms with Crippen LogP contribution in [0.1, 0.15) is 57.0 Å². The first-order valence-electron chi connectivity index (χ1n) is 17.9. The summed E-state index contributed by atoms with van der Waals surface area (Å²) in [6.45, 7) is 9.93. The number of benzene rings is 6. The van der Waals surface area contributed by atoms with Gasteiger partial charge in [-0.3, -0.25) is 0 Å². The molecule has 0 radical (unpaired) electrons. The Hall–Kier alpha value is -5.91. The molecular formula is C46H39F9O3. The normalized spacial score (nSPS) is 12.9. The van der Waals surface area contributed by atoms with Gasteiger partial charge in [0.1, 0.15) is 39.9 Å². The predicted molar refractivity (Wildman–Crippen MR) is 205 cm³/mol. The Morgan fingerprint density at radius 2 is 0.672 bits per heavy atom. The average molecular weight is 811 g/mol. The Bertz CT molecular complexity index is 2330. The zero-order valence-electron chi connectivity index (χ0n) is 32.3. The zero-order valence-corrected chi connectivity index (χ0v) is 32.3. The molecule has 0 aliphatic rings. The molecule has 1 unspecified atom stereocenters. The lowest BCUT2D eigenvalue weighted by atomic mass is 9.75. The number of aryl methyl sites for hydroxylation is 5. The minimum Gasteiger partial charge on any atom is -0.457 e. The third kappa shape index (κ3) is 10.3. The highest BCUT2D eigenvalue weighted by Crippen LogP contribution is 2.47. The smallest absolute Gasteiger partial charge is 0.419 e. The van der Waals surface area contributed by atoms with Crippen molar-refractivity contribution < 1.29 is 53.7 Å². The second-order valence-electron chi connectivity index (χ2n) is 14.1. The highest BCUT2D eigenvalue weighted by atomic mass is 19.4. The molecule has 0 aliphatic carbocycles. The molecule has 12 heteroatoms. The van der Waals surface area contributed by atoms with Crippen LogP contribution < -0.4 is 14.2 Å². The molecule has 6 aromatic rings. The van der Waals surface area contributed by atoms with Crippen LogP contribution in [0.4, 0.5) is 39.5 Å². The standard InChI is InChI=1S/C31H26F6O2.C15H13F3O/c1-19-5-15-27(21(3)17-19)38-24-11-7-22(8-12-24)29(4,31(35,36)37)23-9-13-25(14-10-23)39-28-16-6-20(2)18-26(28)30(32,33)34;1-10-3-6-12(7-4-10)19-14-8-5-11(2)9-13(14)15(16,17)18/h5-18H,1-4H3;3-9H,1-2H3. The van der Waals surface area contributed by atoms with E-state index in [1.54, 1.807) is 43.3 Å². The van der Waals surface area contributed by atoms with Gasteiger partial charge in [0.2, 0.25) is 0 Å². The van der Waals surface area contributed by atoms with Gasteiger partial charge in [0.15, 0.2) is 0 Å². The fourth-order valence-corrected chi connectivity index (χ4v) is 6.02. The first kappa shape index (κ1) is 43.2. The molecule has 6 aromatic carbocycles. The zero-order chi connectivity index (χ0) is 42.6. The minimum absolute atomic E-state index is 0.0187. The van der Waals surface area contributed by atoms with Crippen molar-refractivity contribution in [1.29, 1.82) is 0 Å². The molecule has 0 bridgehead atoms. The first-order valence-corrected chi connectivity index (χ1v) is 17.9. The Kier molecular flexibility index (Phi) is 12.6. The van der Waals surface area contributed by atoms with Crippen molar-refractivity contribution in [2.24, 2.45) is 0 Å². The lowest BCUT2D eigenvalue weighted by Gasteiger charge is -2.33. The van der Waals surface area contributed by atoms with Gasteiger partial charge >= 0.3 is 18.5 Å². The van der Waals surface area contributed by atoms with E-state index in [-0.39, 0.29) is 22.6 Å². The van der Waals surface area contributed by atoms with E-state index in [0.717, 1.165) is 35.7 Å². The molecule has 0 saturated carbocycles. The van der Waals surface area contributed by atoms with Gasteiger partial charge in [0, 0.05) is 0 Å². The van der Waals surface area contributed by atoms with E-state index < -0.39 is 40.8 Å². The van der Waals surface area contributed by atoms with Crippen LogP contribution >= 0.6 is 0 Å². The minimum atomic E-state index is -4.67. The summed E-state index contributed by atoms with van der Waals surface area (Å²) in [6, 6.07) is 30.7. The van der Waals surface area contributed by atoms with E-state index in [1.165, 1.54) is 73.7 Å². The third-order valence-electron chi connectivity index (χ3n) is 9.35. The fourth-order valence-electron chi connectivity index (χ4n) is 6.02. The van der Waals surface area contributed by atoms with Crippen molar-refractivity contribution in [2.75, 3.05) is 0 Å². The Balaban J connectivity index is 0.000000281. The van der Waals surface area contributed by atoms with Crippen LogP contribution in [0.25, 0.3) is 0 Å². The molecular weight excluding hydrogens is 771 g/mol. The van der Waals surface area contributed by atoms with E-state index in [4.69, 9.17) is 14.2 Å². The maximum Gasteiger partial charge on any atom is 0.419 e. The number of ether oxygens (including phenoxy) is 3. The average Bonchev–Trinajstić information content (AvgIpc) is 3.14. The number of hydrogen-bond donors (Lipinski definition) is 0. The second-order valence-corrected chi connectivity index (χ2v) is 14.1. The molecule has 0 amide bonds. The quantitative estimate of drug-likeness (QED) is 0.143. The molecule has 304 valence electrons. The van der Waals surface area contributed by atoms with Crippen molar-refractivity contribution in [3.05, 3.63) is 177 Å². The SMILES string of the molecule is Cc1ccc(Oc2ccc(C(C)(c3ccc(Oc4ccc(C)cc4C(F)(F)F)cc3)C(F)(F)F)cc2)c(C)c1.Cc1ccc(Oc2ccc(C)cc2C(F)(F)F)cc1. The molecule has 0 spiro atoms. The molecule has 0 fully saturated rings. The summed E-state index contributed by atoms with van der Waals surface area (Å²) in [4.78, 5) is 0. The molecule has 0 aliphatic heterocycles. The second kappa shape index (κ2) is 16.9. The van der Waals surface area contributed by atoms with Gasteiger partial charge in [0.05, 0.1) is 11.1 Å². The van der Waals surface area contributed by atoms with Crippen LogP contribution in [0, 0.1) is 34.6 Å². The van der Waals surface area contributed by atoms with E-state index in [9.17, 15) is 39.5 Å². The largest absolute Gasteiger partial charge is 0.457 e. The fraction of sp³-hybridized carbons (Fsp3) is 0.217. The number of rotatable bonds is 8. The molecule has 0 heterocycles. The van der Waals surface area contributed by atoms with Crippen LogP contribution in [0.3, 0.4) is 0 Å². The third-order valence-corrected chi connectivity index (χ3v) is 9.35. The van der Waals surface area contributed by atoms with Gasteiger partial charge in [-0.05, 0) is 125 Å². The van der Waals surface area contributed by atoms with E-state index in [2.05, 4.69) is 0 Å².